The Morgan fingerprint density at radius 2 is 1.81 bits per heavy atom. The second-order valence-electron chi connectivity index (χ2n) is 8.79. The van der Waals surface area contributed by atoms with E-state index in [0.717, 1.165) is 62.3 Å². The van der Waals surface area contributed by atoms with Gasteiger partial charge in [-0.3, -0.25) is 4.90 Å². The Bertz CT molecular complexity index is 1160. The van der Waals surface area contributed by atoms with Crippen molar-refractivity contribution in [1.82, 2.24) is 20.2 Å². The Labute approximate surface area is 211 Å². The molecule has 0 radical (unpaired) electrons. The zero-order chi connectivity index (χ0) is 25.7. The van der Waals surface area contributed by atoms with Crippen LogP contribution in [0.1, 0.15) is 42.3 Å². The lowest BCUT2D eigenvalue weighted by Crippen LogP contribution is -2.43. The standard InChI is InChI=1S/C23H25ClN4O.C2HF3O2/c24-22-9-6-19-20(7-8-21(19)27-22)25-17-10-12-28(13-11-17)14-18-15-29-23(26-18)16-4-2-1-3-5-16;3-2(4,5)1(6)7/h1-6,9,15,17,20,25H,7-8,10-14H2;(H,6,7). The number of nitrogens with zero attached hydrogens (tertiary/aromatic N) is 3. The Balaban J connectivity index is 0.000000384. The van der Waals surface area contributed by atoms with Gasteiger partial charge in [-0.05, 0) is 49.4 Å². The van der Waals surface area contributed by atoms with Gasteiger partial charge in [0, 0.05) is 43.0 Å². The Morgan fingerprint density at radius 1 is 1.11 bits per heavy atom. The molecule has 1 unspecified atom stereocenters. The third-order valence-electron chi connectivity index (χ3n) is 6.25. The maximum absolute atomic E-state index is 10.6. The topological polar surface area (TPSA) is 91.5 Å². The van der Waals surface area contributed by atoms with Crippen LogP contribution in [0.3, 0.4) is 0 Å². The summed E-state index contributed by atoms with van der Waals surface area (Å²) in [6.07, 6.45) is 1.14. The Morgan fingerprint density at radius 3 is 2.47 bits per heavy atom. The molecule has 2 N–H and O–H groups in total. The van der Waals surface area contributed by atoms with Gasteiger partial charge in [-0.15, -0.1) is 0 Å². The molecule has 0 spiro atoms. The van der Waals surface area contributed by atoms with Crippen molar-refractivity contribution in [2.45, 2.75) is 50.5 Å². The monoisotopic (exact) mass is 522 g/mol. The fourth-order valence-electron chi connectivity index (χ4n) is 4.48. The molecule has 1 aliphatic carbocycles. The summed E-state index contributed by atoms with van der Waals surface area (Å²) < 4.78 is 37.4. The van der Waals surface area contributed by atoms with Crippen LogP contribution in [0.5, 0.6) is 0 Å². The molecule has 192 valence electrons. The van der Waals surface area contributed by atoms with E-state index < -0.39 is 12.1 Å². The van der Waals surface area contributed by atoms with E-state index >= 15 is 0 Å². The van der Waals surface area contributed by atoms with Crippen LogP contribution in [0.25, 0.3) is 11.5 Å². The van der Waals surface area contributed by atoms with Crippen molar-refractivity contribution in [2.75, 3.05) is 13.1 Å². The lowest BCUT2D eigenvalue weighted by molar-refractivity contribution is -0.192. The molecule has 3 heterocycles. The van der Waals surface area contributed by atoms with Crippen LogP contribution in [0.15, 0.2) is 53.1 Å². The van der Waals surface area contributed by atoms with Crippen molar-refractivity contribution in [2.24, 2.45) is 0 Å². The molecule has 1 fully saturated rings. The van der Waals surface area contributed by atoms with Gasteiger partial charge in [0.15, 0.2) is 0 Å². The highest BCUT2D eigenvalue weighted by atomic mass is 35.5. The van der Waals surface area contributed by atoms with E-state index in [1.807, 2.05) is 36.4 Å². The minimum atomic E-state index is -5.08. The molecular weight excluding hydrogens is 497 g/mol. The molecule has 0 amide bonds. The van der Waals surface area contributed by atoms with Crippen molar-refractivity contribution in [3.05, 3.63) is 70.8 Å². The van der Waals surface area contributed by atoms with Gasteiger partial charge in [0.25, 0.3) is 0 Å². The van der Waals surface area contributed by atoms with E-state index in [1.165, 1.54) is 5.56 Å². The lowest BCUT2D eigenvalue weighted by Gasteiger charge is -2.33. The minimum absolute atomic E-state index is 0.412. The number of aromatic nitrogens is 2. The van der Waals surface area contributed by atoms with Crippen LogP contribution in [0.2, 0.25) is 5.15 Å². The number of nitrogens with one attached hydrogen (secondary N) is 1. The second kappa shape index (κ2) is 11.4. The van der Waals surface area contributed by atoms with E-state index in [4.69, 9.17) is 25.9 Å². The lowest BCUT2D eigenvalue weighted by atomic mass is 10.0. The third kappa shape index (κ3) is 6.83. The van der Waals surface area contributed by atoms with Gasteiger partial charge in [0.2, 0.25) is 5.89 Å². The molecule has 3 aromatic rings. The van der Waals surface area contributed by atoms with Gasteiger partial charge in [0.1, 0.15) is 11.4 Å². The number of benzene rings is 1. The Kier molecular flexibility index (Phi) is 8.28. The quantitative estimate of drug-likeness (QED) is 0.441. The number of rotatable bonds is 5. The van der Waals surface area contributed by atoms with Crippen LogP contribution in [-0.4, -0.2) is 51.3 Å². The summed E-state index contributed by atoms with van der Waals surface area (Å²) in [6, 6.07) is 15.1. The minimum Gasteiger partial charge on any atom is -0.475 e. The summed E-state index contributed by atoms with van der Waals surface area (Å²) in [7, 11) is 0. The molecule has 2 aromatic heterocycles. The first-order chi connectivity index (χ1) is 17.2. The number of aryl methyl sites for hydroxylation is 1. The summed E-state index contributed by atoms with van der Waals surface area (Å²) in [5, 5.41) is 11.6. The van der Waals surface area contributed by atoms with Crippen molar-refractivity contribution >= 4 is 17.6 Å². The molecule has 1 aliphatic heterocycles. The number of pyridine rings is 1. The Hall–Kier alpha value is -2.95. The van der Waals surface area contributed by atoms with Gasteiger partial charge in [-0.1, -0.05) is 35.9 Å². The van der Waals surface area contributed by atoms with Crippen LogP contribution in [0.4, 0.5) is 13.2 Å². The fourth-order valence-corrected chi connectivity index (χ4v) is 4.64. The van der Waals surface area contributed by atoms with Crippen LogP contribution in [0, 0.1) is 0 Å². The van der Waals surface area contributed by atoms with Gasteiger partial charge in [-0.2, -0.15) is 13.2 Å². The highest BCUT2D eigenvalue weighted by Gasteiger charge is 2.38. The number of oxazole rings is 1. The average molecular weight is 523 g/mol. The van der Waals surface area contributed by atoms with E-state index in [9.17, 15) is 13.2 Å². The maximum atomic E-state index is 10.6. The second-order valence-corrected chi connectivity index (χ2v) is 9.18. The highest BCUT2D eigenvalue weighted by molar-refractivity contribution is 6.29. The van der Waals surface area contributed by atoms with E-state index in [-0.39, 0.29) is 0 Å². The van der Waals surface area contributed by atoms with Crippen LogP contribution in [-0.2, 0) is 17.8 Å². The number of carboxylic acids is 1. The molecule has 36 heavy (non-hydrogen) atoms. The largest absolute Gasteiger partial charge is 0.490 e. The fraction of sp³-hybridized carbons (Fsp3) is 0.400. The maximum Gasteiger partial charge on any atom is 0.490 e. The molecular formula is C25H26ClF3N4O3. The third-order valence-corrected chi connectivity index (χ3v) is 6.46. The smallest absolute Gasteiger partial charge is 0.475 e. The number of fused-ring (bicyclic) bond motifs is 1. The number of alkyl halides is 3. The van der Waals surface area contributed by atoms with Gasteiger partial charge < -0.3 is 14.8 Å². The normalized spacial score (nSPS) is 18.4. The number of hydrogen-bond donors (Lipinski definition) is 2. The molecule has 0 saturated carbocycles. The number of carboxylic acid groups (broad SMARTS) is 1. The number of halogens is 4. The molecule has 7 nitrogen and oxygen atoms in total. The molecule has 5 rings (SSSR count). The first-order valence-corrected chi connectivity index (χ1v) is 12.0. The van der Waals surface area contributed by atoms with Crippen LogP contribution >= 0.6 is 11.6 Å². The molecule has 0 bridgehead atoms. The molecule has 1 saturated heterocycles. The summed E-state index contributed by atoms with van der Waals surface area (Å²) in [6.45, 7) is 2.99. The number of carbonyl (C=O) groups is 1. The van der Waals surface area contributed by atoms with Crippen molar-refractivity contribution in [1.29, 1.82) is 0 Å². The summed E-state index contributed by atoms with van der Waals surface area (Å²) >= 11 is 6.03. The van der Waals surface area contributed by atoms with E-state index in [0.29, 0.717) is 23.1 Å². The number of aliphatic carboxylic acids is 1. The van der Waals surface area contributed by atoms with Crippen molar-refractivity contribution < 1.29 is 27.5 Å². The van der Waals surface area contributed by atoms with Crippen LogP contribution < -0.4 is 5.32 Å². The molecule has 1 aromatic carbocycles. The SMILES string of the molecule is Clc1ccc2c(n1)CCC2NC1CCN(Cc2coc(-c3ccccc3)n2)CC1.O=C(O)C(F)(F)F. The molecule has 11 heteroatoms. The van der Waals surface area contributed by atoms with Gasteiger partial charge in [0.05, 0.1) is 5.69 Å². The predicted octanol–water partition coefficient (Wildman–Crippen LogP) is 5.26. The zero-order valence-electron chi connectivity index (χ0n) is 19.3. The summed E-state index contributed by atoms with van der Waals surface area (Å²) in [5.74, 6) is -2.06. The summed E-state index contributed by atoms with van der Waals surface area (Å²) in [5.41, 5.74) is 4.51. The summed E-state index contributed by atoms with van der Waals surface area (Å²) in [4.78, 5) is 20.5. The first-order valence-electron chi connectivity index (χ1n) is 11.6. The highest BCUT2D eigenvalue weighted by Crippen LogP contribution is 2.32. The number of likely N-dealkylation sites (tertiary alicyclic amines) is 1. The van der Waals surface area contributed by atoms with E-state index in [2.05, 4.69) is 26.3 Å². The molecule has 2 aliphatic rings. The number of piperidine rings is 1. The van der Waals surface area contributed by atoms with E-state index in [1.54, 1.807) is 6.26 Å². The zero-order valence-corrected chi connectivity index (χ0v) is 20.1. The van der Waals surface area contributed by atoms with Crippen molar-refractivity contribution in [3.63, 3.8) is 0 Å². The molecule has 1 atom stereocenters. The van der Waals surface area contributed by atoms with Gasteiger partial charge in [-0.25, -0.2) is 14.8 Å². The predicted molar refractivity (Wildman–Crippen MR) is 127 cm³/mol. The average Bonchev–Trinajstić information content (AvgIpc) is 3.48. The number of hydrogen-bond acceptors (Lipinski definition) is 6. The van der Waals surface area contributed by atoms with Crippen molar-refractivity contribution in [3.8, 4) is 11.5 Å². The van der Waals surface area contributed by atoms with Gasteiger partial charge >= 0.3 is 12.1 Å². The first kappa shape index (κ1) is 26.1.